The average molecular weight is 450 g/mol. The molecule has 2 aliphatic carbocycles. The third-order valence-corrected chi connectivity index (χ3v) is 4.98. The SMILES string of the molecule is CCNC(=NCCNC(=O)C1CC1)N(C)CC1CCC(C)CC1.I. The monoisotopic (exact) mass is 450 g/mol. The van der Waals surface area contributed by atoms with Gasteiger partial charge in [-0.05, 0) is 44.4 Å². The van der Waals surface area contributed by atoms with Gasteiger partial charge in [0.2, 0.25) is 5.91 Å². The van der Waals surface area contributed by atoms with Crippen LogP contribution in [0.1, 0.15) is 52.4 Å². The number of halogens is 1. The molecule has 0 aromatic heterocycles. The lowest BCUT2D eigenvalue weighted by molar-refractivity contribution is -0.122. The van der Waals surface area contributed by atoms with Gasteiger partial charge in [-0.3, -0.25) is 9.79 Å². The van der Waals surface area contributed by atoms with Crippen molar-refractivity contribution in [1.82, 2.24) is 15.5 Å². The summed E-state index contributed by atoms with van der Waals surface area (Å²) in [5.41, 5.74) is 0. The highest BCUT2D eigenvalue weighted by Crippen LogP contribution is 2.29. The molecule has 2 fully saturated rings. The number of carbonyl (C=O) groups excluding carboxylic acids is 1. The van der Waals surface area contributed by atoms with Gasteiger partial charge in [0.1, 0.15) is 0 Å². The molecule has 6 heteroatoms. The van der Waals surface area contributed by atoms with Gasteiger partial charge in [0.15, 0.2) is 5.96 Å². The van der Waals surface area contributed by atoms with Crippen LogP contribution < -0.4 is 10.6 Å². The van der Waals surface area contributed by atoms with Gasteiger partial charge in [-0.15, -0.1) is 24.0 Å². The minimum atomic E-state index is 0. The van der Waals surface area contributed by atoms with Crippen molar-refractivity contribution in [3.8, 4) is 0 Å². The summed E-state index contributed by atoms with van der Waals surface area (Å²) in [7, 11) is 2.13. The van der Waals surface area contributed by atoms with E-state index in [-0.39, 0.29) is 35.8 Å². The van der Waals surface area contributed by atoms with E-state index in [1.807, 2.05) is 0 Å². The molecule has 2 N–H and O–H groups in total. The van der Waals surface area contributed by atoms with E-state index in [1.165, 1.54) is 25.7 Å². The molecule has 0 radical (unpaired) electrons. The lowest BCUT2D eigenvalue weighted by atomic mass is 9.83. The van der Waals surface area contributed by atoms with Gasteiger partial charge in [0, 0.05) is 32.6 Å². The molecule has 1 amide bonds. The molecular formula is C18H35IN4O. The molecule has 0 atom stereocenters. The molecule has 2 saturated carbocycles. The Morgan fingerprint density at radius 2 is 1.79 bits per heavy atom. The van der Waals surface area contributed by atoms with E-state index in [9.17, 15) is 4.79 Å². The topological polar surface area (TPSA) is 56.7 Å². The highest BCUT2D eigenvalue weighted by Gasteiger charge is 2.29. The number of nitrogens with one attached hydrogen (secondary N) is 2. The van der Waals surface area contributed by atoms with Crippen molar-refractivity contribution >= 4 is 35.8 Å². The van der Waals surface area contributed by atoms with E-state index >= 15 is 0 Å². The van der Waals surface area contributed by atoms with Gasteiger partial charge in [0.05, 0.1) is 6.54 Å². The van der Waals surface area contributed by atoms with Gasteiger partial charge in [-0.2, -0.15) is 0 Å². The molecule has 24 heavy (non-hydrogen) atoms. The fourth-order valence-corrected chi connectivity index (χ4v) is 3.29. The minimum absolute atomic E-state index is 0. The second-order valence-electron chi connectivity index (χ2n) is 7.31. The van der Waals surface area contributed by atoms with Gasteiger partial charge < -0.3 is 15.5 Å². The molecule has 5 nitrogen and oxygen atoms in total. The number of guanidine groups is 1. The maximum Gasteiger partial charge on any atom is 0.223 e. The van der Waals surface area contributed by atoms with Crippen molar-refractivity contribution < 1.29 is 4.79 Å². The van der Waals surface area contributed by atoms with Crippen LogP contribution in [0.5, 0.6) is 0 Å². The molecule has 0 unspecified atom stereocenters. The fraction of sp³-hybridized carbons (Fsp3) is 0.889. The maximum atomic E-state index is 11.6. The Kier molecular flexibility index (Phi) is 10.0. The Balaban J connectivity index is 0.00000288. The lowest BCUT2D eigenvalue weighted by Crippen LogP contribution is -2.42. The predicted octanol–water partition coefficient (Wildman–Crippen LogP) is 2.85. The third kappa shape index (κ3) is 7.57. The van der Waals surface area contributed by atoms with Crippen molar-refractivity contribution in [2.75, 3.05) is 33.2 Å². The van der Waals surface area contributed by atoms with E-state index in [0.717, 1.165) is 43.7 Å². The van der Waals surface area contributed by atoms with Crippen molar-refractivity contribution in [3.63, 3.8) is 0 Å². The van der Waals surface area contributed by atoms with Gasteiger partial charge in [-0.1, -0.05) is 19.8 Å². The Morgan fingerprint density at radius 1 is 1.12 bits per heavy atom. The molecule has 0 aromatic carbocycles. The average Bonchev–Trinajstić information content (AvgIpc) is 3.37. The number of amides is 1. The van der Waals surface area contributed by atoms with Crippen LogP contribution in [-0.2, 0) is 4.79 Å². The summed E-state index contributed by atoms with van der Waals surface area (Å²) in [6, 6.07) is 0. The highest BCUT2D eigenvalue weighted by atomic mass is 127. The zero-order valence-electron chi connectivity index (χ0n) is 15.5. The quantitative estimate of drug-likeness (QED) is 0.272. The van der Waals surface area contributed by atoms with Crippen LogP contribution in [0.4, 0.5) is 0 Å². The molecule has 0 saturated heterocycles. The van der Waals surface area contributed by atoms with Crippen molar-refractivity contribution in [3.05, 3.63) is 0 Å². The van der Waals surface area contributed by atoms with Crippen LogP contribution in [0.15, 0.2) is 4.99 Å². The number of nitrogens with zero attached hydrogens (tertiary/aromatic N) is 2. The number of aliphatic imine (C=N–C) groups is 1. The number of hydrogen-bond acceptors (Lipinski definition) is 2. The summed E-state index contributed by atoms with van der Waals surface area (Å²) in [4.78, 5) is 18.5. The zero-order chi connectivity index (χ0) is 16.7. The first kappa shape index (κ1) is 21.5. The second-order valence-corrected chi connectivity index (χ2v) is 7.31. The summed E-state index contributed by atoms with van der Waals surface area (Å²) in [5, 5.41) is 6.34. The Labute approximate surface area is 164 Å². The molecule has 0 aromatic rings. The van der Waals surface area contributed by atoms with Crippen molar-refractivity contribution in [1.29, 1.82) is 0 Å². The summed E-state index contributed by atoms with van der Waals surface area (Å²) < 4.78 is 0. The second kappa shape index (κ2) is 11.2. The molecule has 2 aliphatic rings. The number of hydrogen-bond donors (Lipinski definition) is 2. The minimum Gasteiger partial charge on any atom is -0.357 e. The van der Waals surface area contributed by atoms with Crippen LogP contribution >= 0.6 is 24.0 Å². The van der Waals surface area contributed by atoms with Crippen LogP contribution in [-0.4, -0.2) is 50.0 Å². The van der Waals surface area contributed by atoms with E-state index < -0.39 is 0 Å². The predicted molar refractivity (Wildman–Crippen MR) is 111 cm³/mol. The molecule has 0 spiro atoms. The Bertz CT molecular complexity index is 404. The molecule has 0 bridgehead atoms. The Hall–Kier alpha value is -0.530. The normalized spacial score (nSPS) is 24.0. The smallest absolute Gasteiger partial charge is 0.223 e. The fourth-order valence-electron chi connectivity index (χ4n) is 3.29. The maximum absolute atomic E-state index is 11.6. The van der Waals surface area contributed by atoms with E-state index in [1.54, 1.807) is 0 Å². The van der Waals surface area contributed by atoms with E-state index in [2.05, 4.69) is 41.4 Å². The first-order valence-corrected chi connectivity index (χ1v) is 9.37. The molecule has 0 heterocycles. The summed E-state index contributed by atoms with van der Waals surface area (Å²) in [5.74, 6) is 3.13. The van der Waals surface area contributed by atoms with Gasteiger partial charge in [0.25, 0.3) is 0 Å². The zero-order valence-corrected chi connectivity index (χ0v) is 17.8. The number of carbonyl (C=O) groups is 1. The third-order valence-electron chi connectivity index (χ3n) is 4.98. The Morgan fingerprint density at radius 3 is 2.38 bits per heavy atom. The molecule has 2 rings (SSSR count). The largest absolute Gasteiger partial charge is 0.357 e. The molecule has 140 valence electrons. The van der Waals surface area contributed by atoms with Crippen molar-refractivity contribution in [2.45, 2.75) is 52.4 Å². The summed E-state index contributed by atoms with van der Waals surface area (Å²) in [6.45, 7) is 7.69. The lowest BCUT2D eigenvalue weighted by Gasteiger charge is -2.31. The summed E-state index contributed by atoms with van der Waals surface area (Å²) in [6.07, 6.45) is 7.50. The van der Waals surface area contributed by atoms with E-state index in [4.69, 9.17) is 0 Å². The first-order chi connectivity index (χ1) is 11.1. The standard InChI is InChI=1S/C18H34N4O.HI/c1-4-19-18(21-12-11-20-17(23)16-9-10-16)22(3)13-15-7-5-14(2)6-8-15;/h14-16H,4-13H2,1-3H3,(H,19,21)(H,20,23);1H. The highest BCUT2D eigenvalue weighted by molar-refractivity contribution is 14.0. The van der Waals surface area contributed by atoms with Crippen LogP contribution in [0.3, 0.4) is 0 Å². The van der Waals surface area contributed by atoms with Crippen LogP contribution in [0.25, 0.3) is 0 Å². The van der Waals surface area contributed by atoms with Crippen LogP contribution in [0, 0.1) is 17.8 Å². The molecule has 0 aliphatic heterocycles. The van der Waals surface area contributed by atoms with Crippen LogP contribution in [0.2, 0.25) is 0 Å². The summed E-state index contributed by atoms with van der Waals surface area (Å²) >= 11 is 0. The molecular weight excluding hydrogens is 415 g/mol. The first-order valence-electron chi connectivity index (χ1n) is 9.37. The van der Waals surface area contributed by atoms with Crippen molar-refractivity contribution in [2.24, 2.45) is 22.7 Å². The van der Waals surface area contributed by atoms with E-state index in [0.29, 0.717) is 13.1 Å². The van der Waals surface area contributed by atoms with Gasteiger partial charge >= 0.3 is 0 Å². The van der Waals surface area contributed by atoms with Gasteiger partial charge in [-0.25, -0.2) is 0 Å². The number of rotatable bonds is 7.